The van der Waals surface area contributed by atoms with Gasteiger partial charge in [-0.1, -0.05) is 72.8 Å². The van der Waals surface area contributed by atoms with E-state index in [1.165, 1.54) is 12.1 Å². The summed E-state index contributed by atoms with van der Waals surface area (Å²) in [6.07, 6.45) is -1.66. The average Bonchev–Trinajstić information content (AvgIpc) is 2.96. The van der Waals surface area contributed by atoms with Gasteiger partial charge in [0.25, 0.3) is 5.91 Å². The number of carboxylic acids is 1. The Kier molecular flexibility index (Phi) is 7.96. The van der Waals surface area contributed by atoms with E-state index < -0.39 is 47.2 Å². The van der Waals surface area contributed by atoms with Gasteiger partial charge in [0.2, 0.25) is 6.10 Å². The molecular weight excluding hydrogens is 535 g/mol. The van der Waals surface area contributed by atoms with Crippen molar-refractivity contribution in [2.24, 2.45) is 0 Å². The standard InChI is InChI=1S/C32H26F3NO5/c1-19-12-13-22-17-36(27(32(38)39)16-24(22)28(19)40-18-20-8-4-2-5-9-20)31(37)29(21-10-6-3-7-11-21)41-30-25(34)14-23(33)15-26(30)35/h2-15,27,29H,16-18H2,1H3,(H,38,39). The summed E-state index contributed by atoms with van der Waals surface area (Å²) in [4.78, 5) is 27.6. The lowest BCUT2D eigenvalue weighted by atomic mass is 9.90. The van der Waals surface area contributed by atoms with E-state index in [2.05, 4.69) is 0 Å². The molecule has 0 bridgehead atoms. The summed E-state index contributed by atoms with van der Waals surface area (Å²) in [6.45, 7) is 2.03. The molecule has 1 N–H and O–H groups in total. The Hall–Kier alpha value is -4.79. The molecule has 0 aliphatic carbocycles. The van der Waals surface area contributed by atoms with Gasteiger partial charge < -0.3 is 19.5 Å². The Labute approximate surface area is 234 Å². The number of aryl methyl sites for hydroxylation is 1. The lowest BCUT2D eigenvalue weighted by molar-refractivity contribution is -0.155. The molecule has 1 amide bonds. The topological polar surface area (TPSA) is 76.1 Å². The maximum absolute atomic E-state index is 14.5. The summed E-state index contributed by atoms with van der Waals surface area (Å²) in [5.41, 5.74) is 3.35. The van der Waals surface area contributed by atoms with E-state index in [9.17, 15) is 27.9 Å². The van der Waals surface area contributed by atoms with E-state index >= 15 is 0 Å². The van der Waals surface area contributed by atoms with Crippen LogP contribution in [0.25, 0.3) is 0 Å². The molecule has 0 saturated heterocycles. The number of hydrogen-bond donors (Lipinski definition) is 1. The smallest absolute Gasteiger partial charge is 0.326 e. The Balaban J connectivity index is 1.50. The van der Waals surface area contributed by atoms with Crippen LogP contribution in [0.15, 0.2) is 84.9 Å². The van der Waals surface area contributed by atoms with E-state index in [1.807, 2.05) is 43.3 Å². The molecule has 0 radical (unpaired) electrons. The summed E-state index contributed by atoms with van der Waals surface area (Å²) in [5.74, 6) is -6.26. The van der Waals surface area contributed by atoms with Gasteiger partial charge in [-0.25, -0.2) is 18.0 Å². The van der Waals surface area contributed by atoms with Crippen LogP contribution in [0.5, 0.6) is 11.5 Å². The lowest BCUT2D eigenvalue weighted by Gasteiger charge is -2.37. The molecule has 0 spiro atoms. The number of amides is 1. The molecule has 1 aliphatic rings. The molecule has 9 heteroatoms. The molecule has 6 nitrogen and oxygen atoms in total. The Bertz CT molecular complexity index is 1560. The second-order valence-electron chi connectivity index (χ2n) is 9.75. The number of ether oxygens (including phenoxy) is 2. The van der Waals surface area contributed by atoms with Gasteiger partial charge in [-0.05, 0) is 23.6 Å². The monoisotopic (exact) mass is 561 g/mol. The number of benzene rings is 4. The van der Waals surface area contributed by atoms with Gasteiger partial charge in [0, 0.05) is 36.2 Å². The van der Waals surface area contributed by atoms with Gasteiger partial charge in [0.1, 0.15) is 24.2 Å². The maximum Gasteiger partial charge on any atom is 0.326 e. The number of hydrogen-bond acceptors (Lipinski definition) is 4. The fraction of sp³-hybridized carbons (Fsp3) is 0.188. The Morgan fingerprint density at radius 2 is 1.56 bits per heavy atom. The number of nitrogens with zero attached hydrogens (tertiary/aromatic N) is 1. The number of fused-ring (bicyclic) bond motifs is 1. The van der Waals surface area contributed by atoms with E-state index in [4.69, 9.17) is 9.47 Å². The van der Waals surface area contributed by atoms with Gasteiger partial charge in [0.15, 0.2) is 17.4 Å². The van der Waals surface area contributed by atoms with E-state index in [0.717, 1.165) is 16.0 Å². The van der Waals surface area contributed by atoms with Crippen molar-refractivity contribution in [1.29, 1.82) is 0 Å². The quantitative estimate of drug-likeness (QED) is 0.279. The normalized spacial score (nSPS) is 15.1. The second kappa shape index (κ2) is 11.8. The van der Waals surface area contributed by atoms with Crippen LogP contribution in [-0.4, -0.2) is 27.9 Å². The molecule has 41 heavy (non-hydrogen) atoms. The van der Waals surface area contributed by atoms with Crippen molar-refractivity contribution < 1.29 is 37.3 Å². The molecule has 4 aromatic rings. The first-order valence-electron chi connectivity index (χ1n) is 12.9. The highest BCUT2D eigenvalue weighted by molar-refractivity contribution is 5.88. The van der Waals surface area contributed by atoms with Crippen molar-refractivity contribution in [3.63, 3.8) is 0 Å². The van der Waals surface area contributed by atoms with Gasteiger partial charge in [-0.15, -0.1) is 0 Å². The number of aliphatic carboxylic acids is 1. The number of rotatable bonds is 8. The predicted molar refractivity (Wildman–Crippen MR) is 144 cm³/mol. The van der Waals surface area contributed by atoms with E-state index in [1.54, 1.807) is 24.3 Å². The van der Waals surface area contributed by atoms with E-state index in [0.29, 0.717) is 29.0 Å². The van der Waals surface area contributed by atoms with Crippen molar-refractivity contribution in [3.8, 4) is 11.5 Å². The molecular formula is C32H26F3NO5. The number of halogens is 3. The van der Waals surface area contributed by atoms with Gasteiger partial charge in [-0.3, -0.25) is 4.79 Å². The van der Waals surface area contributed by atoms with Crippen LogP contribution in [0.1, 0.15) is 33.9 Å². The third-order valence-corrected chi connectivity index (χ3v) is 6.99. The summed E-state index contributed by atoms with van der Waals surface area (Å²) in [5, 5.41) is 10.2. The molecule has 4 aromatic carbocycles. The highest BCUT2D eigenvalue weighted by Crippen LogP contribution is 2.37. The van der Waals surface area contributed by atoms with Crippen molar-refractivity contribution >= 4 is 11.9 Å². The Morgan fingerprint density at radius 3 is 2.20 bits per heavy atom. The van der Waals surface area contributed by atoms with Gasteiger partial charge >= 0.3 is 5.97 Å². The minimum absolute atomic E-state index is 0.0526. The van der Waals surface area contributed by atoms with Gasteiger partial charge in [0.05, 0.1) is 0 Å². The van der Waals surface area contributed by atoms with Crippen LogP contribution in [0.2, 0.25) is 0 Å². The summed E-state index contributed by atoms with van der Waals surface area (Å²) in [6, 6.07) is 20.7. The Morgan fingerprint density at radius 1 is 0.927 bits per heavy atom. The van der Waals surface area contributed by atoms with Crippen molar-refractivity contribution in [1.82, 2.24) is 4.90 Å². The van der Waals surface area contributed by atoms with Crippen LogP contribution in [0.3, 0.4) is 0 Å². The van der Waals surface area contributed by atoms with Crippen molar-refractivity contribution in [2.45, 2.75) is 38.6 Å². The molecule has 1 heterocycles. The first-order valence-corrected chi connectivity index (χ1v) is 12.9. The summed E-state index contributed by atoms with van der Waals surface area (Å²) >= 11 is 0. The fourth-order valence-electron chi connectivity index (χ4n) is 4.94. The largest absolute Gasteiger partial charge is 0.488 e. The molecule has 5 rings (SSSR count). The van der Waals surface area contributed by atoms with Crippen molar-refractivity contribution in [3.05, 3.63) is 130 Å². The molecule has 0 aromatic heterocycles. The van der Waals surface area contributed by atoms with Crippen LogP contribution < -0.4 is 9.47 Å². The number of carbonyl (C=O) groups excluding carboxylic acids is 1. The highest BCUT2D eigenvalue weighted by Gasteiger charge is 2.40. The molecule has 2 unspecified atom stereocenters. The van der Waals surface area contributed by atoms with Crippen LogP contribution in [0.4, 0.5) is 13.2 Å². The van der Waals surface area contributed by atoms with E-state index in [-0.39, 0.29) is 25.1 Å². The molecule has 2 atom stereocenters. The predicted octanol–water partition coefficient (Wildman–Crippen LogP) is 6.15. The SMILES string of the molecule is Cc1ccc2c(c1OCc1ccccc1)CC(C(=O)O)N(C(=O)C(Oc1c(F)cc(F)cc1F)c1ccccc1)C2. The van der Waals surface area contributed by atoms with Crippen LogP contribution >= 0.6 is 0 Å². The van der Waals surface area contributed by atoms with Crippen LogP contribution in [-0.2, 0) is 29.2 Å². The second-order valence-corrected chi connectivity index (χ2v) is 9.75. The maximum atomic E-state index is 14.5. The average molecular weight is 562 g/mol. The van der Waals surface area contributed by atoms with Crippen molar-refractivity contribution in [2.75, 3.05) is 0 Å². The zero-order chi connectivity index (χ0) is 29.1. The highest BCUT2D eigenvalue weighted by atomic mass is 19.1. The minimum Gasteiger partial charge on any atom is -0.488 e. The van der Waals surface area contributed by atoms with Gasteiger partial charge in [-0.2, -0.15) is 0 Å². The molecule has 0 saturated carbocycles. The summed E-state index contributed by atoms with van der Waals surface area (Å²) < 4.78 is 54.3. The first-order chi connectivity index (χ1) is 19.7. The molecule has 0 fully saturated rings. The first kappa shape index (κ1) is 27.8. The zero-order valence-electron chi connectivity index (χ0n) is 22.0. The number of carbonyl (C=O) groups is 2. The number of carboxylic acid groups (broad SMARTS) is 1. The fourth-order valence-corrected chi connectivity index (χ4v) is 4.94. The minimum atomic E-state index is -1.60. The molecule has 1 aliphatic heterocycles. The summed E-state index contributed by atoms with van der Waals surface area (Å²) in [7, 11) is 0. The molecule has 210 valence electrons. The third kappa shape index (κ3) is 5.89. The lowest BCUT2D eigenvalue weighted by Crippen LogP contribution is -2.51. The van der Waals surface area contributed by atoms with Crippen LogP contribution in [0, 0.1) is 24.4 Å². The third-order valence-electron chi connectivity index (χ3n) is 6.99. The zero-order valence-corrected chi connectivity index (χ0v) is 22.0.